The predicted octanol–water partition coefficient (Wildman–Crippen LogP) is 2.96. The van der Waals surface area contributed by atoms with Gasteiger partial charge in [-0.3, -0.25) is 9.79 Å². The topological polar surface area (TPSA) is 53.9 Å². The van der Waals surface area contributed by atoms with E-state index in [0.29, 0.717) is 12.5 Å². The van der Waals surface area contributed by atoms with Gasteiger partial charge in [0.2, 0.25) is 0 Å². The molecule has 3 rings (SSSR count). The van der Waals surface area contributed by atoms with E-state index in [0.717, 1.165) is 38.4 Å². The molecule has 142 valence electrons. The molecule has 1 atom stereocenters. The summed E-state index contributed by atoms with van der Waals surface area (Å²) in [6, 6.07) is 8.82. The second-order valence-electron chi connectivity index (χ2n) is 7.23. The number of aliphatic imine (C=N–C) groups is 1. The van der Waals surface area contributed by atoms with E-state index in [9.17, 15) is 4.79 Å². The Morgan fingerprint density at radius 3 is 2.77 bits per heavy atom. The minimum atomic E-state index is -0.0473. The summed E-state index contributed by atoms with van der Waals surface area (Å²) < 4.78 is 5.16. The maximum Gasteiger partial charge on any atom is 0.309 e. The van der Waals surface area contributed by atoms with Gasteiger partial charge in [0.05, 0.1) is 12.5 Å². The van der Waals surface area contributed by atoms with E-state index in [1.54, 1.807) is 0 Å². The first-order valence-electron chi connectivity index (χ1n) is 9.93. The zero-order chi connectivity index (χ0) is 18.4. The van der Waals surface area contributed by atoms with Crippen LogP contribution in [0.4, 0.5) is 0 Å². The lowest BCUT2D eigenvalue weighted by Crippen LogP contribution is -2.47. The Morgan fingerprint density at radius 2 is 2.04 bits per heavy atom. The number of ether oxygens (including phenoxy) is 1. The van der Waals surface area contributed by atoms with Crippen LogP contribution in [0.3, 0.4) is 0 Å². The van der Waals surface area contributed by atoms with Crippen LogP contribution >= 0.6 is 0 Å². The molecule has 5 heteroatoms. The summed E-state index contributed by atoms with van der Waals surface area (Å²) in [5.74, 6) is 1.49. The lowest BCUT2D eigenvalue weighted by atomic mass is 9.83. The van der Waals surface area contributed by atoms with E-state index < -0.39 is 0 Å². The zero-order valence-electron chi connectivity index (χ0n) is 16.0. The third-order valence-electron chi connectivity index (χ3n) is 5.63. The largest absolute Gasteiger partial charge is 0.466 e. The molecule has 1 heterocycles. The molecule has 1 aliphatic carbocycles. The Balaban J connectivity index is 1.53. The van der Waals surface area contributed by atoms with Crippen LogP contribution in [-0.2, 0) is 16.0 Å². The molecule has 0 amide bonds. The summed E-state index contributed by atoms with van der Waals surface area (Å²) in [6.45, 7) is 4.95. The molecule has 1 fully saturated rings. The summed E-state index contributed by atoms with van der Waals surface area (Å²) in [7, 11) is 1.84. The van der Waals surface area contributed by atoms with Gasteiger partial charge in [0.1, 0.15) is 0 Å². The number of aryl methyl sites for hydroxylation is 1. The predicted molar refractivity (Wildman–Crippen MR) is 104 cm³/mol. The number of guanidine groups is 1. The summed E-state index contributed by atoms with van der Waals surface area (Å²) in [4.78, 5) is 18.6. The van der Waals surface area contributed by atoms with Gasteiger partial charge >= 0.3 is 5.97 Å². The molecule has 0 aromatic heterocycles. The highest BCUT2D eigenvalue weighted by molar-refractivity contribution is 5.80. The van der Waals surface area contributed by atoms with Crippen LogP contribution in [0.15, 0.2) is 29.3 Å². The van der Waals surface area contributed by atoms with Crippen molar-refractivity contribution in [1.29, 1.82) is 0 Å². The van der Waals surface area contributed by atoms with Gasteiger partial charge in [0.15, 0.2) is 5.96 Å². The number of hydrogen-bond acceptors (Lipinski definition) is 3. The molecule has 0 spiro atoms. The Bertz CT molecular complexity index is 636. The first-order valence-corrected chi connectivity index (χ1v) is 9.93. The van der Waals surface area contributed by atoms with Crippen LogP contribution in [0, 0.1) is 5.92 Å². The molecule has 1 aromatic carbocycles. The van der Waals surface area contributed by atoms with Gasteiger partial charge in [0.25, 0.3) is 0 Å². The van der Waals surface area contributed by atoms with Crippen molar-refractivity contribution in [1.82, 2.24) is 10.2 Å². The Hall–Kier alpha value is -2.04. The molecule has 1 unspecified atom stereocenters. The van der Waals surface area contributed by atoms with Crippen molar-refractivity contribution in [3.8, 4) is 0 Å². The number of esters is 1. The summed E-state index contributed by atoms with van der Waals surface area (Å²) in [5, 5.41) is 3.58. The van der Waals surface area contributed by atoms with Crippen LogP contribution < -0.4 is 5.32 Å². The molecule has 5 nitrogen and oxygen atoms in total. The first kappa shape index (κ1) is 18.7. The monoisotopic (exact) mass is 357 g/mol. The molecule has 0 radical (unpaired) electrons. The van der Waals surface area contributed by atoms with Gasteiger partial charge in [-0.05, 0) is 50.2 Å². The fourth-order valence-corrected chi connectivity index (χ4v) is 4.20. The maximum atomic E-state index is 11.9. The normalized spacial score (nSPS) is 21.2. The van der Waals surface area contributed by atoms with Crippen LogP contribution in [-0.4, -0.2) is 50.1 Å². The third-order valence-corrected chi connectivity index (χ3v) is 5.63. The molecule has 2 aliphatic rings. The minimum Gasteiger partial charge on any atom is -0.466 e. The molecule has 26 heavy (non-hydrogen) atoms. The molecule has 0 bridgehead atoms. The highest BCUT2D eigenvalue weighted by Crippen LogP contribution is 2.30. The van der Waals surface area contributed by atoms with E-state index in [4.69, 9.17) is 4.74 Å². The Kier molecular flexibility index (Phi) is 6.53. The highest BCUT2D eigenvalue weighted by Gasteiger charge is 2.28. The van der Waals surface area contributed by atoms with E-state index in [1.165, 1.54) is 30.4 Å². The lowest BCUT2D eigenvalue weighted by molar-refractivity contribution is -0.149. The average molecular weight is 357 g/mol. The highest BCUT2D eigenvalue weighted by atomic mass is 16.5. The molecule has 0 saturated carbocycles. The zero-order valence-corrected chi connectivity index (χ0v) is 16.0. The minimum absolute atomic E-state index is 0.0366. The second-order valence-corrected chi connectivity index (χ2v) is 7.23. The van der Waals surface area contributed by atoms with Gasteiger partial charge in [0, 0.05) is 32.6 Å². The molecule has 1 N–H and O–H groups in total. The summed E-state index contributed by atoms with van der Waals surface area (Å²) in [6.07, 6.45) is 5.36. The first-order chi connectivity index (χ1) is 12.7. The van der Waals surface area contributed by atoms with Crippen molar-refractivity contribution in [2.45, 2.75) is 44.9 Å². The Labute approximate surface area is 156 Å². The van der Waals surface area contributed by atoms with Crippen LogP contribution in [0.2, 0.25) is 0 Å². The number of piperidine rings is 1. The smallest absolute Gasteiger partial charge is 0.309 e. The SMILES string of the molecule is CCOC(=O)C1CCN(C(=NC)NCC2CCCc3ccccc32)CC1. The summed E-state index contributed by atoms with van der Waals surface area (Å²) in [5.41, 5.74) is 2.98. The van der Waals surface area contributed by atoms with Gasteiger partial charge in [-0.25, -0.2) is 0 Å². The van der Waals surface area contributed by atoms with E-state index in [-0.39, 0.29) is 11.9 Å². The van der Waals surface area contributed by atoms with Crippen molar-refractivity contribution >= 4 is 11.9 Å². The van der Waals surface area contributed by atoms with Gasteiger partial charge in [-0.2, -0.15) is 0 Å². The number of hydrogen-bond donors (Lipinski definition) is 1. The number of likely N-dealkylation sites (tertiary alicyclic amines) is 1. The fourth-order valence-electron chi connectivity index (χ4n) is 4.20. The third kappa shape index (κ3) is 4.37. The number of fused-ring (bicyclic) bond motifs is 1. The Morgan fingerprint density at radius 1 is 1.27 bits per heavy atom. The standard InChI is InChI=1S/C21H31N3O2/c1-3-26-20(25)17-11-13-24(14-12-17)21(22-2)23-15-18-9-6-8-16-7-4-5-10-19(16)18/h4-5,7,10,17-18H,3,6,8-9,11-15H2,1-2H3,(H,22,23). The number of carbonyl (C=O) groups excluding carboxylic acids is 1. The molecule has 1 saturated heterocycles. The van der Waals surface area contributed by atoms with Crippen LogP contribution in [0.5, 0.6) is 0 Å². The number of benzene rings is 1. The van der Waals surface area contributed by atoms with Crippen molar-refractivity contribution in [2.24, 2.45) is 10.9 Å². The van der Waals surface area contributed by atoms with Crippen LogP contribution in [0.25, 0.3) is 0 Å². The quantitative estimate of drug-likeness (QED) is 0.511. The molecule has 1 aromatic rings. The average Bonchev–Trinajstić information content (AvgIpc) is 2.69. The number of rotatable bonds is 4. The number of nitrogens with zero attached hydrogens (tertiary/aromatic N) is 2. The van der Waals surface area contributed by atoms with Crippen molar-refractivity contribution in [3.05, 3.63) is 35.4 Å². The molecule has 1 aliphatic heterocycles. The van der Waals surface area contributed by atoms with E-state index in [1.807, 2.05) is 14.0 Å². The van der Waals surface area contributed by atoms with Crippen molar-refractivity contribution in [2.75, 3.05) is 33.3 Å². The number of nitrogens with one attached hydrogen (secondary N) is 1. The van der Waals surface area contributed by atoms with Crippen molar-refractivity contribution < 1.29 is 9.53 Å². The van der Waals surface area contributed by atoms with Crippen LogP contribution in [0.1, 0.15) is 49.7 Å². The van der Waals surface area contributed by atoms with Gasteiger partial charge in [-0.1, -0.05) is 24.3 Å². The maximum absolute atomic E-state index is 11.9. The van der Waals surface area contributed by atoms with E-state index >= 15 is 0 Å². The number of carbonyl (C=O) groups is 1. The fraction of sp³-hybridized carbons (Fsp3) is 0.619. The van der Waals surface area contributed by atoms with Crippen molar-refractivity contribution in [3.63, 3.8) is 0 Å². The van der Waals surface area contributed by atoms with Gasteiger partial charge < -0.3 is 15.0 Å². The lowest BCUT2D eigenvalue weighted by Gasteiger charge is -2.34. The van der Waals surface area contributed by atoms with Gasteiger partial charge in [-0.15, -0.1) is 0 Å². The van der Waals surface area contributed by atoms with E-state index in [2.05, 4.69) is 39.5 Å². The molecular formula is C21H31N3O2. The summed E-state index contributed by atoms with van der Waals surface area (Å²) >= 11 is 0. The molecular weight excluding hydrogens is 326 g/mol. The second kappa shape index (κ2) is 9.06.